The van der Waals surface area contributed by atoms with Crippen LogP contribution in [0.15, 0.2) is 29.1 Å². The summed E-state index contributed by atoms with van der Waals surface area (Å²) in [7, 11) is 1.75. The van der Waals surface area contributed by atoms with Crippen molar-refractivity contribution in [3.63, 3.8) is 0 Å². The van der Waals surface area contributed by atoms with Gasteiger partial charge >= 0.3 is 0 Å². The minimum Gasteiger partial charge on any atom is -0.333 e. The molecule has 0 aliphatic heterocycles. The molecule has 5 nitrogen and oxygen atoms in total. The number of nitrogens with zero attached hydrogens (tertiary/aromatic N) is 3. The number of carbonyl (C=O) groups is 1. The first-order valence-electron chi connectivity index (χ1n) is 9.65. The summed E-state index contributed by atoms with van der Waals surface area (Å²) in [4.78, 5) is 32.4. The highest BCUT2D eigenvalue weighted by Crippen LogP contribution is 2.25. The molecule has 1 heterocycles. The van der Waals surface area contributed by atoms with Crippen molar-refractivity contribution in [2.24, 2.45) is 13.0 Å². The number of benzene rings is 1. The molecule has 0 aliphatic carbocycles. The Bertz CT molecular complexity index is 810. The van der Waals surface area contributed by atoms with E-state index in [1.807, 2.05) is 30.0 Å². The predicted octanol–water partition coefficient (Wildman–Crippen LogP) is 4.06. The van der Waals surface area contributed by atoms with Crippen LogP contribution in [0.4, 0.5) is 0 Å². The molecule has 0 fully saturated rings. The van der Waals surface area contributed by atoms with E-state index in [-0.39, 0.29) is 17.5 Å². The smallest absolute Gasteiger partial charge is 0.261 e. The molecular formula is C21H31N3O2. The van der Waals surface area contributed by atoms with E-state index in [1.54, 1.807) is 17.7 Å². The van der Waals surface area contributed by atoms with Gasteiger partial charge in [0.05, 0.1) is 16.9 Å². The standard InChI is InChI=1S/C21H31N3O2/c1-6-8-13-24(19(25)14-15(3)4)18(7-2)20-22-17-12-10-9-11-16(17)21(26)23(20)5/h9-12,15,18H,6-8,13-14H2,1-5H3. The fraction of sp³-hybridized carbons (Fsp3) is 0.571. The second-order valence-electron chi connectivity index (χ2n) is 7.31. The van der Waals surface area contributed by atoms with E-state index >= 15 is 0 Å². The highest BCUT2D eigenvalue weighted by molar-refractivity contribution is 5.78. The molecule has 0 radical (unpaired) electrons. The number of hydrogen-bond acceptors (Lipinski definition) is 3. The summed E-state index contributed by atoms with van der Waals surface area (Å²) >= 11 is 0. The summed E-state index contributed by atoms with van der Waals surface area (Å²) in [5.41, 5.74) is 0.631. The zero-order chi connectivity index (χ0) is 19.3. The zero-order valence-electron chi connectivity index (χ0n) is 16.7. The van der Waals surface area contributed by atoms with Gasteiger partial charge in [-0.05, 0) is 30.9 Å². The number of unbranched alkanes of at least 4 members (excludes halogenated alkanes) is 1. The third-order valence-electron chi connectivity index (χ3n) is 4.73. The molecule has 1 aromatic carbocycles. The minimum absolute atomic E-state index is 0.0594. The van der Waals surface area contributed by atoms with Crippen molar-refractivity contribution >= 4 is 16.8 Å². The maximum absolute atomic E-state index is 12.9. The zero-order valence-corrected chi connectivity index (χ0v) is 16.7. The number of fused-ring (bicyclic) bond motifs is 1. The van der Waals surface area contributed by atoms with Crippen molar-refractivity contribution in [2.45, 2.75) is 59.4 Å². The highest BCUT2D eigenvalue weighted by Gasteiger charge is 2.27. The molecule has 142 valence electrons. The first-order chi connectivity index (χ1) is 12.4. The second-order valence-corrected chi connectivity index (χ2v) is 7.31. The summed E-state index contributed by atoms with van der Waals surface area (Å²) in [6.45, 7) is 8.98. The minimum atomic E-state index is -0.185. The monoisotopic (exact) mass is 357 g/mol. The Morgan fingerprint density at radius 1 is 1.23 bits per heavy atom. The number of amides is 1. The lowest BCUT2D eigenvalue weighted by molar-refractivity contribution is -0.135. The molecule has 1 aromatic heterocycles. The van der Waals surface area contributed by atoms with Gasteiger partial charge in [0.1, 0.15) is 5.82 Å². The van der Waals surface area contributed by atoms with Gasteiger partial charge in [-0.25, -0.2) is 4.98 Å². The second kappa shape index (κ2) is 8.97. The van der Waals surface area contributed by atoms with Gasteiger partial charge in [0, 0.05) is 20.0 Å². The van der Waals surface area contributed by atoms with Gasteiger partial charge in [0.15, 0.2) is 0 Å². The highest BCUT2D eigenvalue weighted by atomic mass is 16.2. The number of carbonyl (C=O) groups excluding carboxylic acids is 1. The Labute approximate surface area is 156 Å². The van der Waals surface area contributed by atoms with Crippen LogP contribution < -0.4 is 5.56 Å². The van der Waals surface area contributed by atoms with Crippen LogP contribution in [0.3, 0.4) is 0 Å². The van der Waals surface area contributed by atoms with E-state index in [9.17, 15) is 9.59 Å². The molecule has 0 saturated carbocycles. The Hall–Kier alpha value is -2.17. The van der Waals surface area contributed by atoms with Crippen molar-refractivity contribution in [3.8, 4) is 0 Å². The van der Waals surface area contributed by atoms with Gasteiger partial charge in [0.2, 0.25) is 5.91 Å². The van der Waals surface area contributed by atoms with Gasteiger partial charge in [-0.3, -0.25) is 14.2 Å². The Morgan fingerprint density at radius 2 is 1.92 bits per heavy atom. The molecule has 2 aromatic rings. The topological polar surface area (TPSA) is 55.2 Å². The van der Waals surface area contributed by atoms with Crippen molar-refractivity contribution in [1.29, 1.82) is 0 Å². The van der Waals surface area contributed by atoms with E-state index < -0.39 is 0 Å². The van der Waals surface area contributed by atoms with Crippen LogP contribution in [0.25, 0.3) is 10.9 Å². The average Bonchev–Trinajstić information content (AvgIpc) is 2.61. The number of para-hydroxylation sites is 1. The van der Waals surface area contributed by atoms with Crippen LogP contribution in [-0.2, 0) is 11.8 Å². The lowest BCUT2D eigenvalue weighted by atomic mass is 10.1. The van der Waals surface area contributed by atoms with E-state index in [0.717, 1.165) is 19.3 Å². The summed E-state index contributed by atoms with van der Waals surface area (Å²) in [6.07, 6.45) is 3.21. The SMILES string of the molecule is CCCCN(C(=O)CC(C)C)C(CC)c1nc2ccccc2c(=O)n1C. The largest absolute Gasteiger partial charge is 0.333 e. The summed E-state index contributed by atoms with van der Waals surface area (Å²) in [5, 5.41) is 0.613. The Balaban J connectivity index is 2.52. The normalized spacial score (nSPS) is 12.5. The Morgan fingerprint density at radius 3 is 2.54 bits per heavy atom. The van der Waals surface area contributed by atoms with E-state index in [0.29, 0.717) is 35.6 Å². The van der Waals surface area contributed by atoms with Crippen molar-refractivity contribution < 1.29 is 4.79 Å². The Kier molecular flexibility index (Phi) is 6.95. The molecule has 1 atom stereocenters. The van der Waals surface area contributed by atoms with Crippen LogP contribution in [0.1, 0.15) is 65.2 Å². The predicted molar refractivity (Wildman–Crippen MR) is 106 cm³/mol. The fourth-order valence-corrected chi connectivity index (χ4v) is 3.32. The summed E-state index contributed by atoms with van der Waals surface area (Å²) in [5.74, 6) is 1.12. The fourth-order valence-electron chi connectivity index (χ4n) is 3.32. The summed E-state index contributed by atoms with van der Waals surface area (Å²) < 4.78 is 1.61. The molecule has 1 unspecified atom stereocenters. The van der Waals surface area contributed by atoms with Gasteiger partial charge < -0.3 is 4.90 Å². The van der Waals surface area contributed by atoms with Crippen molar-refractivity contribution in [3.05, 3.63) is 40.4 Å². The number of hydrogen-bond donors (Lipinski definition) is 0. The maximum Gasteiger partial charge on any atom is 0.261 e. The summed E-state index contributed by atoms with van der Waals surface area (Å²) in [6, 6.07) is 7.21. The molecule has 0 N–H and O–H groups in total. The molecular weight excluding hydrogens is 326 g/mol. The average molecular weight is 357 g/mol. The molecule has 2 rings (SSSR count). The van der Waals surface area contributed by atoms with Gasteiger partial charge in [-0.2, -0.15) is 0 Å². The van der Waals surface area contributed by atoms with Crippen LogP contribution >= 0.6 is 0 Å². The third-order valence-corrected chi connectivity index (χ3v) is 4.73. The number of aromatic nitrogens is 2. The van der Waals surface area contributed by atoms with Crippen molar-refractivity contribution in [1.82, 2.24) is 14.5 Å². The molecule has 0 saturated heterocycles. The van der Waals surface area contributed by atoms with E-state index in [4.69, 9.17) is 4.98 Å². The molecule has 0 aliphatic rings. The van der Waals surface area contributed by atoms with Gasteiger partial charge in [0.25, 0.3) is 5.56 Å². The lowest BCUT2D eigenvalue weighted by Crippen LogP contribution is -2.39. The maximum atomic E-state index is 12.9. The van der Waals surface area contributed by atoms with Crippen LogP contribution in [0, 0.1) is 5.92 Å². The van der Waals surface area contributed by atoms with Crippen LogP contribution in [0.2, 0.25) is 0 Å². The molecule has 26 heavy (non-hydrogen) atoms. The van der Waals surface area contributed by atoms with Crippen molar-refractivity contribution in [2.75, 3.05) is 6.54 Å². The first kappa shape index (κ1) is 20.1. The molecule has 1 amide bonds. The van der Waals surface area contributed by atoms with Crippen LogP contribution in [-0.4, -0.2) is 26.9 Å². The number of rotatable bonds is 8. The first-order valence-corrected chi connectivity index (χ1v) is 9.65. The lowest BCUT2D eigenvalue weighted by Gasteiger charge is -2.32. The third kappa shape index (κ3) is 4.32. The van der Waals surface area contributed by atoms with Gasteiger partial charge in [-0.1, -0.05) is 46.2 Å². The molecule has 5 heteroatoms. The van der Waals surface area contributed by atoms with E-state index in [2.05, 4.69) is 20.8 Å². The quantitative estimate of drug-likeness (QED) is 0.716. The molecule has 0 spiro atoms. The van der Waals surface area contributed by atoms with Crippen LogP contribution in [0.5, 0.6) is 0 Å². The molecule has 0 bridgehead atoms. The van der Waals surface area contributed by atoms with E-state index in [1.165, 1.54) is 0 Å². The van der Waals surface area contributed by atoms with Gasteiger partial charge in [-0.15, -0.1) is 0 Å².